The van der Waals surface area contributed by atoms with Crippen molar-refractivity contribution in [2.45, 2.75) is 13.0 Å². The van der Waals surface area contributed by atoms with E-state index in [-0.39, 0.29) is 5.76 Å². The molecule has 0 aliphatic rings. The van der Waals surface area contributed by atoms with Gasteiger partial charge in [0.25, 0.3) is 0 Å². The Bertz CT molecular complexity index is 662. The van der Waals surface area contributed by atoms with Crippen molar-refractivity contribution in [2.75, 3.05) is 0 Å². The smallest absolute Gasteiger partial charge is 0.344 e. The third-order valence-corrected chi connectivity index (χ3v) is 2.67. The van der Waals surface area contributed by atoms with E-state index in [9.17, 15) is 9.59 Å². The number of carboxylic acid groups (broad SMARTS) is 1. The van der Waals surface area contributed by atoms with Crippen LogP contribution in [-0.4, -0.2) is 29.3 Å². The van der Waals surface area contributed by atoms with E-state index in [2.05, 4.69) is 10.5 Å². The zero-order chi connectivity index (χ0) is 15.9. The van der Waals surface area contributed by atoms with Crippen molar-refractivity contribution in [1.29, 1.82) is 0 Å². The maximum Gasteiger partial charge on any atom is 0.344 e. The second-order valence-electron chi connectivity index (χ2n) is 4.34. The van der Waals surface area contributed by atoms with Crippen LogP contribution in [0.4, 0.5) is 0 Å². The number of hydrogen-bond donors (Lipinski definition) is 2. The summed E-state index contributed by atoms with van der Waals surface area (Å²) in [4.78, 5) is 22.2. The summed E-state index contributed by atoms with van der Waals surface area (Å²) < 4.78 is 10.1. The van der Waals surface area contributed by atoms with Gasteiger partial charge in [0.05, 0.1) is 12.5 Å². The van der Waals surface area contributed by atoms with Crippen LogP contribution in [0.5, 0.6) is 5.75 Å². The second kappa shape index (κ2) is 7.07. The molecule has 1 heterocycles. The molecule has 2 aromatic rings. The molecule has 7 nitrogen and oxygen atoms in total. The summed E-state index contributed by atoms with van der Waals surface area (Å²) in [7, 11) is 0. The Morgan fingerprint density at radius 1 is 1.32 bits per heavy atom. The van der Waals surface area contributed by atoms with E-state index in [1.54, 1.807) is 30.3 Å². The maximum absolute atomic E-state index is 11.5. The van der Waals surface area contributed by atoms with E-state index < -0.39 is 18.0 Å². The summed E-state index contributed by atoms with van der Waals surface area (Å²) >= 11 is 0. The molecule has 1 atom stereocenters. The van der Waals surface area contributed by atoms with Gasteiger partial charge in [-0.25, -0.2) is 10.2 Å². The van der Waals surface area contributed by atoms with Gasteiger partial charge < -0.3 is 14.3 Å². The molecule has 1 aromatic heterocycles. The molecule has 2 rings (SSSR count). The van der Waals surface area contributed by atoms with Gasteiger partial charge in [0.1, 0.15) is 5.75 Å². The first-order valence-electron chi connectivity index (χ1n) is 6.42. The van der Waals surface area contributed by atoms with Gasteiger partial charge in [0, 0.05) is 0 Å². The molecule has 0 radical (unpaired) electrons. The Morgan fingerprint density at radius 3 is 2.64 bits per heavy atom. The SMILES string of the molecule is C[C@@H](Oc1ccc(/C=N/NC(=O)c2ccco2)cc1)C(=O)O. The number of aliphatic carboxylic acids is 1. The minimum Gasteiger partial charge on any atom is -0.479 e. The molecule has 0 spiro atoms. The number of ether oxygens (including phenoxy) is 1. The van der Waals surface area contributed by atoms with Crippen LogP contribution in [-0.2, 0) is 4.79 Å². The van der Waals surface area contributed by atoms with Crippen LogP contribution in [0.3, 0.4) is 0 Å². The van der Waals surface area contributed by atoms with E-state index in [4.69, 9.17) is 14.3 Å². The highest BCUT2D eigenvalue weighted by molar-refractivity contribution is 5.92. The highest BCUT2D eigenvalue weighted by Gasteiger charge is 2.11. The molecular weight excluding hydrogens is 288 g/mol. The van der Waals surface area contributed by atoms with Crippen LogP contribution in [0.1, 0.15) is 23.0 Å². The van der Waals surface area contributed by atoms with Gasteiger partial charge in [-0.3, -0.25) is 4.79 Å². The molecule has 7 heteroatoms. The number of nitrogens with one attached hydrogen (secondary N) is 1. The lowest BCUT2D eigenvalue weighted by Crippen LogP contribution is -2.22. The molecular formula is C15H14N2O5. The zero-order valence-corrected chi connectivity index (χ0v) is 11.7. The largest absolute Gasteiger partial charge is 0.479 e. The van der Waals surface area contributed by atoms with E-state index in [0.717, 1.165) is 5.56 Å². The Morgan fingerprint density at radius 2 is 2.05 bits per heavy atom. The summed E-state index contributed by atoms with van der Waals surface area (Å²) in [6, 6.07) is 9.75. The predicted molar refractivity (Wildman–Crippen MR) is 77.9 cm³/mol. The summed E-state index contributed by atoms with van der Waals surface area (Å²) in [5.74, 6) is -0.877. The number of hydrazone groups is 1. The third-order valence-electron chi connectivity index (χ3n) is 2.67. The number of rotatable bonds is 6. The fraction of sp³-hybridized carbons (Fsp3) is 0.133. The van der Waals surface area contributed by atoms with Gasteiger partial charge in [-0.15, -0.1) is 0 Å². The van der Waals surface area contributed by atoms with Crippen molar-refractivity contribution < 1.29 is 23.8 Å². The number of hydrogen-bond acceptors (Lipinski definition) is 5. The molecule has 22 heavy (non-hydrogen) atoms. The van der Waals surface area contributed by atoms with Crippen molar-refractivity contribution in [3.8, 4) is 5.75 Å². The number of carbonyl (C=O) groups is 2. The van der Waals surface area contributed by atoms with E-state index in [0.29, 0.717) is 5.75 Å². The Labute approximate surface area is 126 Å². The molecule has 0 aliphatic carbocycles. The van der Waals surface area contributed by atoms with Gasteiger partial charge in [-0.05, 0) is 48.9 Å². The number of carbonyl (C=O) groups excluding carboxylic acids is 1. The van der Waals surface area contributed by atoms with Gasteiger partial charge in [-0.1, -0.05) is 0 Å². The topological polar surface area (TPSA) is 101 Å². The standard InChI is InChI=1S/C15H14N2O5/c1-10(15(19)20)22-12-6-4-11(5-7-12)9-16-17-14(18)13-3-2-8-21-13/h2-10H,1H3,(H,17,18)(H,19,20)/b16-9+/t10-/m1/s1. The zero-order valence-electron chi connectivity index (χ0n) is 11.7. The third kappa shape index (κ3) is 4.20. The molecule has 1 aromatic carbocycles. The first kappa shape index (κ1) is 15.3. The fourth-order valence-corrected chi connectivity index (χ4v) is 1.52. The molecule has 114 valence electrons. The number of amides is 1. The monoisotopic (exact) mass is 302 g/mol. The molecule has 0 saturated heterocycles. The number of nitrogens with zero attached hydrogens (tertiary/aromatic N) is 1. The molecule has 0 saturated carbocycles. The lowest BCUT2D eigenvalue weighted by Gasteiger charge is -2.09. The molecule has 0 bridgehead atoms. The van der Waals surface area contributed by atoms with Crippen LogP contribution in [0.2, 0.25) is 0 Å². The van der Waals surface area contributed by atoms with Gasteiger partial charge in [0.15, 0.2) is 11.9 Å². The normalized spacial score (nSPS) is 12.0. The summed E-state index contributed by atoms with van der Waals surface area (Å²) in [6.07, 6.45) is 1.92. The predicted octanol–water partition coefficient (Wildman–Crippen LogP) is 1.90. The molecule has 2 N–H and O–H groups in total. The van der Waals surface area contributed by atoms with Crippen molar-refractivity contribution in [3.05, 3.63) is 54.0 Å². The van der Waals surface area contributed by atoms with Crippen LogP contribution in [0.15, 0.2) is 52.2 Å². The highest BCUT2D eigenvalue weighted by Crippen LogP contribution is 2.13. The van der Waals surface area contributed by atoms with Crippen LogP contribution >= 0.6 is 0 Å². The second-order valence-corrected chi connectivity index (χ2v) is 4.34. The maximum atomic E-state index is 11.5. The summed E-state index contributed by atoms with van der Waals surface area (Å²) in [6.45, 7) is 1.45. The van der Waals surface area contributed by atoms with Gasteiger partial charge in [-0.2, -0.15) is 5.10 Å². The minimum atomic E-state index is -1.04. The van der Waals surface area contributed by atoms with Crippen LogP contribution in [0, 0.1) is 0 Å². The molecule has 1 amide bonds. The van der Waals surface area contributed by atoms with Crippen molar-refractivity contribution in [2.24, 2.45) is 5.10 Å². The van der Waals surface area contributed by atoms with Crippen molar-refractivity contribution in [1.82, 2.24) is 5.43 Å². The summed E-state index contributed by atoms with van der Waals surface area (Å²) in [5.41, 5.74) is 3.04. The van der Waals surface area contributed by atoms with Crippen LogP contribution in [0.25, 0.3) is 0 Å². The Balaban J connectivity index is 1.89. The first-order chi connectivity index (χ1) is 10.6. The Hall–Kier alpha value is -3.09. The van der Waals surface area contributed by atoms with Gasteiger partial charge in [0.2, 0.25) is 0 Å². The fourth-order valence-electron chi connectivity index (χ4n) is 1.52. The number of furan rings is 1. The average molecular weight is 302 g/mol. The van der Waals surface area contributed by atoms with Crippen LogP contribution < -0.4 is 10.2 Å². The Kier molecular flexibility index (Phi) is 4.92. The lowest BCUT2D eigenvalue weighted by atomic mass is 10.2. The quantitative estimate of drug-likeness (QED) is 0.627. The lowest BCUT2D eigenvalue weighted by molar-refractivity contribution is -0.144. The van der Waals surface area contributed by atoms with Crippen molar-refractivity contribution in [3.63, 3.8) is 0 Å². The number of benzene rings is 1. The van der Waals surface area contributed by atoms with E-state index >= 15 is 0 Å². The highest BCUT2D eigenvalue weighted by atomic mass is 16.5. The summed E-state index contributed by atoms with van der Waals surface area (Å²) in [5, 5.41) is 12.5. The van der Waals surface area contributed by atoms with E-state index in [1.807, 2.05) is 0 Å². The first-order valence-corrected chi connectivity index (χ1v) is 6.42. The minimum absolute atomic E-state index is 0.170. The molecule has 0 fully saturated rings. The average Bonchev–Trinajstić information content (AvgIpc) is 3.03. The number of carboxylic acids is 1. The molecule has 0 aliphatic heterocycles. The van der Waals surface area contributed by atoms with Crippen molar-refractivity contribution >= 4 is 18.1 Å². The van der Waals surface area contributed by atoms with Gasteiger partial charge >= 0.3 is 11.9 Å². The van der Waals surface area contributed by atoms with E-state index in [1.165, 1.54) is 25.5 Å². The molecule has 0 unspecified atom stereocenters.